The number of rotatable bonds is 6. The van der Waals surface area contributed by atoms with Crippen LogP contribution in [0.5, 0.6) is 0 Å². The molecule has 2 unspecified atom stereocenters. The Hall–Kier alpha value is -0.650. The molecule has 1 saturated heterocycles. The summed E-state index contributed by atoms with van der Waals surface area (Å²) in [6.07, 6.45) is 3.17. The largest absolute Gasteiger partial charge is 0.468 e. The molecule has 1 aliphatic heterocycles. The highest BCUT2D eigenvalue weighted by Crippen LogP contribution is 2.13. The fraction of sp³-hybridized carbons (Fsp3) is 0.929. The van der Waals surface area contributed by atoms with Crippen LogP contribution in [-0.4, -0.2) is 75.2 Å². The molecule has 5 nitrogen and oxygen atoms in total. The topological polar surface area (TPSA) is 44.8 Å². The summed E-state index contributed by atoms with van der Waals surface area (Å²) in [6, 6.07) is 0.408. The lowest BCUT2D eigenvalue weighted by Gasteiger charge is -2.31. The summed E-state index contributed by atoms with van der Waals surface area (Å²) in [4.78, 5) is 16.5. The second kappa shape index (κ2) is 8.51. The van der Waals surface area contributed by atoms with Crippen molar-refractivity contribution in [3.63, 3.8) is 0 Å². The summed E-state index contributed by atoms with van der Waals surface area (Å²) in [5.41, 5.74) is 0. The van der Waals surface area contributed by atoms with Gasteiger partial charge in [-0.1, -0.05) is 6.92 Å². The van der Waals surface area contributed by atoms with Crippen molar-refractivity contribution < 1.29 is 9.53 Å². The predicted molar refractivity (Wildman–Crippen MR) is 77.2 cm³/mol. The van der Waals surface area contributed by atoms with Crippen molar-refractivity contribution in [2.45, 2.75) is 38.3 Å². The lowest BCUT2D eigenvalue weighted by Crippen LogP contribution is -2.43. The van der Waals surface area contributed by atoms with E-state index in [1.807, 2.05) is 7.05 Å². The fourth-order valence-corrected chi connectivity index (χ4v) is 2.79. The second-order valence-corrected chi connectivity index (χ2v) is 5.37. The van der Waals surface area contributed by atoms with Gasteiger partial charge in [-0.2, -0.15) is 0 Å². The number of carbonyl (C=O) groups is 1. The number of likely N-dealkylation sites (N-methyl/N-ethyl adjacent to an activating group) is 2. The molecule has 0 saturated carbocycles. The molecule has 0 radical (unpaired) electrons. The molecule has 1 rings (SSSR count). The normalized spacial score (nSPS) is 23.9. The summed E-state index contributed by atoms with van der Waals surface area (Å²) < 4.78 is 4.81. The molecular weight excluding hydrogens is 242 g/mol. The number of hydrogen-bond donors (Lipinski definition) is 1. The molecule has 0 aromatic carbocycles. The zero-order valence-corrected chi connectivity index (χ0v) is 12.8. The van der Waals surface area contributed by atoms with Crippen LogP contribution in [0.4, 0.5) is 0 Å². The van der Waals surface area contributed by atoms with E-state index in [1.165, 1.54) is 20.1 Å². The lowest BCUT2D eigenvalue weighted by atomic mass is 10.1. The van der Waals surface area contributed by atoms with Crippen molar-refractivity contribution in [1.82, 2.24) is 15.1 Å². The molecule has 0 spiro atoms. The van der Waals surface area contributed by atoms with Gasteiger partial charge in [0.25, 0.3) is 0 Å². The Balaban J connectivity index is 2.50. The number of hydrogen-bond acceptors (Lipinski definition) is 5. The SMILES string of the molecule is CCC1CN(C)CCCN1CCC(NC)C(=O)OC. The summed E-state index contributed by atoms with van der Waals surface area (Å²) in [7, 11) is 5.45. The first kappa shape index (κ1) is 16.4. The van der Waals surface area contributed by atoms with E-state index >= 15 is 0 Å². The van der Waals surface area contributed by atoms with Gasteiger partial charge in [0.1, 0.15) is 6.04 Å². The van der Waals surface area contributed by atoms with Gasteiger partial charge in [-0.05, 0) is 46.4 Å². The van der Waals surface area contributed by atoms with Gasteiger partial charge >= 0.3 is 5.97 Å². The maximum absolute atomic E-state index is 11.6. The van der Waals surface area contributed by atoms with Crippen molar-refractivity contribution in [3.8, 4) is 0 Å². The molecule has 0 aromatic heterocycles. The van der Waals surface area contributed by atoms with Gasteiger partial charge in [0.15, 0.2) is 0 Å². The highest BCUT2D eigenvalue weighted by Gasteiger charge is 2.24. The van der Waals surface area contributed by atoms with Gasteiger partial charge in [0, 0.05) is 19.1 Å². The maximum Gasteiger partial charge on any atom is 0.322 e. The molecule has 0 bridgehead atoms. The summed E-state index contributed by atoms with van der Waals surface area (Å²) in [5, 5.41) is 3.04. The van der Waals surface area contributed by atoms with Crippen molar-refractivity contribution in [3.05, 3.63) is 0 Å². The molecule has 2 atom stereocenters. The highest BCUT2D eigenvalue weighted by atomic mass is 16.5. The molecule has 5 heteroatoms. The molecule has 0 amide bonds. The molecule has 19 heavy (non-hydrogen) atoms. The minimum atomic E-state index is -0.191. The number of nitrogens with zero attached hydrogens (tertiary/aromatic N) is 2. The monoisotopic (exact) mass is 271 g/mol. The van der Waals surface area contributed by atoms with Gasteiger partial charge < -0.3 is 15.0 Å². The molecule has 1 N–H and O–H groups in total. The number of ether oxygens (including phenoxy) is 1. The number of carbonyl (C=O) groups excluding carboxylic acids is 1. The zero-order chi connectivity index (χ0) is 14.3. The number of nitrogens with one attached hydrogen (secondary N) is 1. The number of methoxy groups -OCH3 is 1. The maximum atomic E-state index is 11.6. The van der Waals surface area contributed by atoms with Gasteiger partial charge in [-0.15, -0.1) is 0 Å². The highest BCUT2D eigenvalue weighted by molar-refractivity contribution is 5.75. The van der Waals surface area contributed by atoms with Crippen molar-refractivity contribution in [1.29, 1.82) is 0 Å². The van der Waals surface area contributed by atoms with E-state index in [1.54, 1.807) is 0 Å². The van der Waals surface area contributed by atoms with E-state index in [0.29, 0.717) is 6.04 Å². The summed E-state index contributed by atoms with van der Waals surface area (Å²) in [6.45, 7) is 6.61. The van der Waals surface area contributed by atoms with E-state index in [-0.39, 0.29) is 12.0 Å². The fourth-order valence-electron chi connectivity index (χ4n) is 2.79. The van der Waals surface area contributed by atoms with Crippen molar-refractivity contribution in [2.24, 2.45) is 0 Å². The molecule has 0 aromatic rings. The Morgan fingerprint density at radius 3 is 2.79 bits per heavy atom. The quantitative estimate of drug-likeness (QED) is 0.715. The first-order valence-corrected chi connectivity index (χ1v) is 7.30. The average molecular weight is 271 g/mol. The van der Waals surface area contributed by atoms with E-state index in [2.05, 4.69) is 29.1 Å². The lowest BCUT2D eigenvalue weighted by molar-refractivity contribution is -0.143. The van der Waals surface area contributed by atoms with Crippen molar-refractivity contribution in [2.75, 3.05) is 47.4 Å². The average Bonchev–Trinajstić information content (AvgIpc) is 2.60. The first-order chi connectivity index (χ1) is 9.12. The van der Waals surface area contributed by atoms with Crippen LogP contribution in [0.25, 0.3) is 0 Å². The molecule has 1 fully saturated rings. The van der Waals surface area contributed by atoms with Gasteiger partial charge in [-0.3, -0.25) is 9.69 Å². The van der Waals surface area contributed by atoms with Crippen LogP contribution < -0.4 is 5.32 Å². The van der Waals surface area contributed by atoms with Gasteiger partial charge in [0.05, 0.1) is 7.11 Å². The first-order valence-electron chi connectivity index (χ1n) is 7.30. The smallest absolute Gasteiger partial charge is 0.322 e. The van der Waals surface area contributed by atoms with Gasteiger partial charge in [-0.25, -0.2) is 0 Å². The van der Waals surface area contributed by atoms with E-state index < -0.39 is 0 Å². The third kappa shape index (κ3) is 5.09. The van der Waals surface area contributed by atoms with Crippen LogP contribution in [-0.2, 0) is 9.53 Å². The Morgan fingerprint density at radius 1 is 1.47 bits per heavy atom. The van der Waals surface area contributed by atoms with Crippen molar-refractivity contribution >= 4 is 5.97 Å². The predicted octanol–water partition coefficient (Wildman–Crippen LogP) is 0.554. The molecule has 112 valence electrons. The summed E-state index contributed by atoms with van der Waals surface area (Å²) >= 11 is 0. The Kier molecular flexibility index (Phi) is 7.34. The van der Waals surface area contributed by atoms with Crippen LogP contribution in [0.3, 0.4) is 0 Å². The zero-order valence-electron chi connectivity index (χ0n) is 12.8. The van der Waals surface area contributed by atoms with Crippen LogP contribution in [0, 0.1) is 0 Å². The van der Waals surface area contributed by atoms with Crippen LogP contribution in [0.1, 0.15) is 26.2 Å². The molecule has 0 aliphatic carbocycles. The van der Waals surface area contributed by atoms with Crippen LogP contribution in [0.15, 0.2) is 0 Å². The Bertz CT molecular complexity index is 273. The number of esters is 1. The minimum Gasteiger partial charge on any atom is -0.468 e. The molecular formula is C14H29N3O2. The van der Waals surface area contributed by atoms with Crippen LogP contribution in [0.2, 0.25) is 0 Å². The Morgan fingerprint density at radius 2 is 2.21 bits per heavy atom. The van der Waals surface area contributed by atoms with E-state index in [9.17, 15) is 4.79 Å². The van der Waals surface area contributed by atoms with E-state index in [4.69, 9.17) is 4.74 Å². The molecule has 1 aliphatic rings. The minimum absolute atomic E-state index is 0.164. The third-order valence-electron chi connectivity index (χ3n) is 4.03. The van der Waals surface area contributed by atoms with E-state index in [0.717, 1.165) is 32.5 Å². The Labute approximate surface area is 117 Å². The molecule has 1 heterocycles. The second-order valence-electron chi connectivity index (χ2n) is 5.37. The van der Waals surface area contributed by atoms with Crippen LogP contribution >= 0.6 is 0 Å². The third-order valence-corrected chi connectivity index (χ3v) is 4.03. The summed E-state index contributed by atoms with van der Waals surface area (Å²) in [5.74, 6) is -0.164. The van der Waals surface area contributed by atoms with Gasteiger partial charge in [0.2, 0.25) is 0 Å². The standard InChI is InChI=1S/C14H29N3O2/c1-5-12-11-16(3)8-6-9-17(12)10-7-13(15-2)14(18)19-4/h12-13,15H,5-11H2,1-4H3.